The molecule has 1 N–H and O–H groups in total. The lowest BCUT2D eigenvalue weighted by atomic mass is 9.87. The molecule has 3 aromatic carbocycles. The van der Waals surface area contributed by atoms with Crippen LogP contribution >= 0.6 is 0 Å². The van der Waals surface area contributed by atoms with Gasteiger partial charge in [0, 0.05) is 38.8 Å². The topological polar surface area (TPSA) is 70.7 Å². The molecule has 0 bridgehead atoms. The number of hydrogen-bond donors (Lipinski definition) is 1. The number of methoxy groups -OCH3 is 1. The summed E-state index contributed by atoms with van der Waals surface area (Å²) in [5, 5.41) is 3.51. The highest BCUT2D eigenvalue weighted by molar-refractivity contribution is 5.61. The summed E-state index contributed by atoms with van der Waals surface area (Å²) in [5.74, 6) is 3.70. The standard InChI is InChI=1S/C34H44N2O6/c1-3-38-29-6-4-7-30(23-29)40-21-20-39-28-11-9-27(10-12-28)31-14-15-35-24-34(31)42-25-26-8-13-33-32(22-26)36(17-19-41-33)16-5-18-37-2/h4,6-13,22-23,31,34-35H,3,5,14-21,24-25H2,1-2H3. The zero-order valence-electron chi connectivity index (χ0n) is 24.9. The van der Waals surface area contributed by atoms with Gasteiger partial charge in [-0.2, -0.15) is 0 Å². The average Bonchev–Trinajstić information content (AvgIpc) is 3.03. The monoisotopic (exact) mass is 576 g/mol. The van der Waals surface area contributed by atoms with Gasteiger partial charge in [-0.15, -0.1) is 0 Å². The van der Waals surface area contributed by atoms with Gasteiger partial charge in [0.2, 0.25) is 0 Å². The van der Waals surface area contributed by atoms with Crippen LogP contribution in [0.5, 0.6) is 23.0 Å². The fourth-order valence-corrected chi connectivity index (χ4v) is 5.58. The Bertz CT molecular complexity index is 1240. The highest BCUT2D eigenvalue weighted by Crippen LogP contribution is 2.34. The first-order chi connectivity index (χ1) is 20.7. The van der Waals surface area contributed by atoms with E-state index in [0.29, 0.717) is 39.0 Å². The Morgan fingerprint density at radius 3 is 2.52 bits per heavy atom. The molecule has 1 saturated heterocycles. The number of rotatable bonds is 15. The van der Waals surface area contributed by atoms with Crippen LogP contribution in [0.1, 0.15) is 36.8 Å². The maximum atomic E-state index is 6.54. The van der Waals surface area contributed by atoms with Crippen molar-refractivity contribution in [2.45, 2.75) is 38.4 Å². The Morgan fingerprint density at radius 1 is 0.905 bits per heavy atom. The Hall–Kier alpha value is -3.46. The quantitative estimate of drug-likeness (QED) is 0.240. The van der Waals surface area contributed by atoms with E-state index in [0.717, 1.165) is 79.9 Å². The number of hydrogen-bond acceptors (Lipinski definition) is 8. The predicted molar refractivity (Wildman–Crippen MR) is 164 cm³/mol. The van der Waals surface area contributed by atoms with E-state index in [4.69, 9.17) is 28.4 Å². The Morgan fingerprint density at radius 2 is 1.71 bits per heavy atom. The molecule has 2 aliphatic heterocycles. The van der Waals surface area contributed by atoms with Crippen LogP contribution in [0.25, 0.3) is 0 Å². The molecule has 1 fully saturated rings. The van der Waals surface area contributed by atoms with Crippen molar-refractivity contribution >= 4 is 5.69 Å². The average molecular weight is 577 g/mol. The zero-order chi connectivity index (χ0) is 29.0. The summed E-state index contributed by atoms with van der Waals surface area (Å²) in [7, 11) is 1.75. The zero-order valence-corrected chi connectivity index (χ0v) is 24.9. The molecule has 0 spiro atoms. The lowest BCUT2D eigenvalue weighted by Crippen LogP contribution is -2.41. The highest BCUT2D eigenvalue weighted by atomic mass is 16.5. The Labute approximate surface area is 249 Å². The minimum absolute atomic E-state index is 0.0939. The van der Waals surface area contributed by atoms with E-state index in [9.17, 15) is 0 Å². The van der Waals surface area contributed by atoms with Crippen LogP contribution in [0.2, 0.25) is 0 Å². The van der Waals surface area contributed by atoms with E-state index < -0.39 is 0 Å². The lowest BCUT2D eigenvalue weighted by Gasteiger charge is -2.33. The second-order valence-corrected chi connectivity index (χ2v) is 10.6. The van der Waals surface area contributed by atoms with Crippen molar-refractivity contribution in [1.29, 1.82) is 0 Å². The molecule has 8 heteroatoms. The number of fused-ring (bicyclic) bond motifs is 1. The summed E-state index contributed by atoms with van der Waals surface area (Å²) >= 11 is 0. The van der Waals surface area contributed by atoms with Crippen molar-refractivity contribution in [2.24, 2.45) is 0 Å². The molecule has 0 radical (unpaired) electrons. The number of benzene rings is 3. The van der Waals surface area contributed by atoms with Crippen LogP contribution in [0, 0.1) is 0 Å². The molecule has 5 rings (SSSR count). The third kappa shape index (κ3) is 8.31. The highest BCUT2D eigenvalue weighted by Gasteiger charge is 2.27. The van der Waals surface area contributed by atoms with Crippen LogP contribution in [0.4, 0.5) is 5.69 Å². The molecule has 42 heavy (non-hydrogen) atoms. The molecule has 226 valence electrons. The minimum atomic E-state index is 0.0939. The van der Waals surface area contributed by atoms with Crippen molar-refractivity contribution in [3.63, 3.8) is 0 Å². The van der Waals surface area contributed by atoms with Gasteiger partial charge in [0.1, 0.15) is 42.8 Å². The molecule has 0 aromatic heterocycles. The third-order valence-corrected chi connectivity index (χ3v) is 7.70. The number of anilines is 1. The van der Waals surface area contributed by atoms with Gasteiger partial charge in [-0.3, -0.25) is 0 Å². The van der Waals surface area contributed by atoms with E-state index >= 15 is 0 Å². The predicted octanol–water partition coefficient (Wildman–Crippen LogP) is 5.44. The minimum Gasteiger partial charge on any atom is -0.494 e. The molecule has 2 atom stereocenters. The summed E-state index contributed by atoms with van der Waals surface area (Å²) in [6.45, 7) is 9.24. The van der Waals surface area contributed by atoms with Gasteiger partial charge in [0.25, 0.3) is 0 Å². The molecule has 0 aliphatic carbocycles. The molecular formula is C34H44N2O6. The molecule has 2 heterocycles. The fourth-order valence-electron chi connectivity index (χ4n) is 5.58. The summed E-state index contributed by atoms with van der Waals surface area (Å²) in [6, 6.07) is 22.5. The van der Waals surface area contributed by atoms with Gasteiger partial charge in [0.15, 0.2) is 0 Å². The second kappa shape index (κ2) is 15.7. The van der Waals surface area contributed by atoms with Crippen LogP contribution in [0.15, 0.2) is 66.7 Å². The first-order valence-corrected chi connectivity index (χ1v) is 15.1. The van der Waals surface area contributed by atoms with E-state index in [1.165, 1.54) is 5.56 Å². The first kappa shape index (κ1) is 30.0. The Balaban J connectivity index is 1.12. The fraction of sp³-hybridized carbons (Fsp3) is 0.471. The molecule has 2 aliphatic rings. The molecule has 3 aromatic rings. The normalized spacial score (nSPS) is 18.2. The largest absolute Gasteiger partial charge is 0.494 e. The molecule has 2 unspecified atom stereocenters. The van der Waals surface area contributed by atoms with Crippen LogP contribution in [0.3, 0.4) is 0 Å². The summed E-state index contributed by atoms with van der Waals surface area (Å²) in [6.07, 6.45) is 2.12. The van der Waals surface area contributed by atoms with Gasteiger partial charge in [0.05, 0.1) is 31.5 Å². The second-order valence-electron chi connectivity index (χ2n) is 10.6. The number of piperidine rings is 1. The Kier molecular flexibility index (Phi) is 11.2. The van der Waals surface area contributed by atoms with Crippen LogP contribution in [-0.4, -0.2) is 72.4 Å². The number of nitrogens with one attached hydrogen (secondary N) is 1. The van der Waals surface area contributed by atoms with Crippen LogP contribution in [-0.2, 0) is 16.1 Å². The number of nitrogens with zero attached hydrogens (tertiary/aromatic N) is 1. The van der Waals surface area contributed by atoms with Crippen molar-refractivity contribution in [3.05, 3.63) is 77.9 Å². The van der Waals surface area contributed by atoms with E-state index in [1.54, 1.807) is 7.11 Å². The SMILES string of the molecule is CCOc1cccc(OCCOc2ccc(C3CCNCC3OCc3ccc4c(c3)N(CCCOC)CCO4)cc2)c1. The van der Waals surface area contributed by atoms with E-state index in [-0.39, 0.29) is 6.10 Å². The maximum Gasteiger partial charge on any atom is 0.142 e. The third-order valence-electron chi connectivity index (χ3n) is 7.70. The molecule has 8 nitrogen and oxygen atoms in total. The number of ether oxygens (including phenoxy) is 6. The van der Waals surface area contributed by atoms with Gasteiger partial charge in [-0.05, 0) is 73.8 Å². The van der Waals surface area contributed by atoms with Gasteiger partial charge in [-0.1, -0.05) is 24.3 Å². The molecule has 0 saturated carbocycles. The maximum absolute atomic E-state index is 6.54. The van der Waals surface area contributed by atoms with Crippen LogP contribution < -0.4 is 29.2 Å². The van der Waals surface area contributed by atoms with Crippen molar-refractivity contribution in [2.75, 3.05) is 71.2 Å². The van der Waals surface area contributed by atoms with Gasteiger partial charge < -0.3 is 38.6 Å². The van der Waals surface area contributed by atoms with E-state index in [1.807, 2.05) is 43.3 Å². The summed E-state index contributed by atoms with van der Waals surface area (Å²) < 4.78 is 35.0. The van der Waals surface area contributed by atoms with Crippen molar-refractivity contribution in [3.8, 4) is 23.0 Å². The van der Waals surface area contributed by atoms with Crippen molar-refractivity contribution < 1.29 is 28.4 Å². The molecule has 0 amide bonds. The van der Waals surface area contributed by atoms with Gasteiger partial charge >= 0.3 is 0 Å². The first-order valence-electron chi connectivity index (χ1n) is 15.1. The smallest absolute Gasteiger partial charge is 0.142 e. The molecular weight excluding hydrogens is 532 g/mol. The summed E-state index contributed by atoms with van der Waals surface area (Å²) in [4.78, 5) is 2.39. The van der Waals surface area contributed by atoms with Gasteiger partial charge in [-0.25, -0.2) is 0 Å². The van der Waals surface area contributed by atoms with Crippen molar-refractivity contribution in [1.82, 2.24) is 5.32 Å². The van der Waals surface area contributed by atoms with E-state index in [2.05, 4.69) is 40.5 Å². The summed E-state index contributed by atoms with van der Waals surface area (Å²) in [5.41, 5.74) is 3.59. The lowest BCUT2D eigenvalue weighted by molar-refractivity contribution is 0.0106.